The largest absolute Gasteiger partial charge is 0.372 e. The molecule has 5 heteroatoms. The minimum atomic E-state index is -3.70. The van der Waals surface area contributed by atoms with E-state index < -0.39 is 15.1 Å². The van der Waals surface area contributed by atoms with E-state index in [1.807, 2.05) is 12.1 Å². The van der Waals surface area contributed by atoms with Crippen molar-refractivity contribution in [1.29, 1.82) is 0 Å². The molecular formula is C32H47NO3S. The smallest absolute Gasteiger partial charge is 0.188 e. The van der Waals surface area contributed by atoms with Crippen LogP contribution in [0.5, 0.6) is 0 Å². The Bertz CT molecular complexity index is 1120. The van der Waals surface area contributed by atoms with Crippen LogP contribution in [0, 0.1) is 40.4 Å². The SMILES string of the molecule is CC(C(=O)[C@H]1CC[C@H]2[C@@H]3CC[C@H]4CCCC[C@]4(C)[C@H]3CC[C@]12C)S(=O)(=O)c1ccc(N2CCCC2)cc1. The van der Waals surface area contributed by atoms with Gasteiger partial charge in [-0.15, -0.1) is 0 Å². The third-order valence-electron chi connectivity index (χ3n) is 12.4. The average Bonchev–Trinajstić information content (AvgIpc) is 3.55. The van der Waals surface area contributed by atoms with E-state index in [0.717, 1.165) is 55.8 Å². The molecule has 37 heavy (non-hydrogen) atoms. The molecule has 1 saturated heterocycles. The highest BCUT2D eigenvalue weighted by atomic mass is 32.2. The summed E-state index contributed by atoms with van der Waals surface area (Å²) in [6.45, 7) is 8.66. The summed E-state index contributed by atoms with van der Waals surface area (Å²) < 4.78 is 27.2. The van der Waals surface area contributed by atoms with E-state index in [-0.39, 0.29) is 17.1 Å². The average molecular weight is 526 g/mol. The van der Waals surface area contributed by atoms with Crippen molar-refractivity contribution in [2.24, 2.45) is 40.4 Å². The molecule has 0 bridgehead atoms. The summed E-state index contributed by atoms with van der Waals surface area (Å²) in [6, 6.07) is 7.29. The van der Waals surface area contributed by atoms with Crippen molar-refractivity contribution in [3.05, 3.63) is 24.3 Å². The first-order chi connectivity index (χ1) is 17.7. The van der Waals surface area contributed by atoms with Crippen molar-refractivity contribution in [2.75, 3.05) is 18.0 Å². The molecule has 5 aliphatic rings. The fraction of sp³-hybridized carbons (Fsp3) is 0.781. The molecule has 204 valence electrons. The van der Waals surface area contributed by atoms with Gasteiger partial charge in [0.1, 0.15) is 5.25 Å². The number of fused-ring (bicyclic) bond motifs is 5. The van der Waals surface area contributed by atoms with Gasteiger partial charge in [0.15, 0.2) is 15.6 Å². The molecule has 8 atom stereocenters. The van der Waals surface area contributed by atoms with Crippen LogP contribution in [-0.2, 0) is 14.6 Å². The number of carbonyl (C=O) groups is 1. The molecule has 6 rings (SSSR count). The van der Waals surface area contributed by atoms with Crippen LogP contribution in [-0.4, -0.2) is 32.5 Å². The van der Waals surface area contributed by atoms with Crippen LogP contribution in [0.2, 0.25) is 0 Å². The van der Waals surface area contributed by atoms with Crippen LogP contribution in [0.3, 0.4) is 0 Å². The minimum Gasteiger partial charge on any atom is -0.372 e. The van der Waals surface area contributed by atoms with Gasteiger partial charge in [0.2, 0.25) is 0 Å². The van der Waals surface area contributed by atoms with Gasteiger partial charge in [-0.1, -0.05) is 26.7 Å². The Morgan fingerprint density at radius 1 is 0.838 bits per heavy atom. The predicted octanol–water partition coefficient (Wildman–Crippen LogP) is 7.07. The first kappa shape index (κ1) is 25.9. The first-order valence-electron chi connectivity index (χ1n) is 15.3. The number of ketones is 1. The van der Waals surface area contributed by atoms with Gasteiger partial charge >= 0.3 is 0 Å². The number of benzene rings is 1. The second-order valence-corrected chi connectivity index (χ2v) is 16.1. The maximum atomic E-state index is 14.0. The minimum absolute atomic E-state index is 0.0235. The van der Waals surface area contributed by atoms with Gasteiger partial charge in [-0.3, -0.25) is 4.79 Å². The van der Waals surface area contributed by atoms with Gasteiger partial charge in [0, 0.05) is 24.7 Å². The molecule has 1 heterocycles. The van der Waals surface area contributed by atoms with Crippen LogP contribution in [0.4, 0.5) is 5.69 Å². The number of sulfone groups is 1. The van der Waals surface area contributed by atoms with Gasteiger partial charge in [0.25, 0.3) is 0 Å². The molecule has 1 unspecified atom stereocenters. The van der Waals surface area contributed by atoms with Gasteiger partial charge < -0.3 is 4.90 Å². The molecule has 1 aromatic rings. The predicted molar refractivity (Wildman–Crippen MR) is 149 cm³/mol. The molecular weight excluding hydrogens is 478 g/mol. The lowest BCUT2D eigenvalue weighted by Crippen LogP contribution is -2.53. The summed E-state index contributed by atoms with van der Waals surface area (Å²) in [5.41, 5.74) is 1.53. The quantitative estimate of drug-likeness (QED) is 0.413. The van der Waals surface area contributed by atoms with E-state index in [2.05, 4.69) is 18.7 Å². The Labute approximate surface area is 224 Å². The summed E-state index contributed by atoms with van der Waals surface area (Å²) >= 11 is 0. The highest BCUT2D eigenvalue weighted by Gasteiger charge is 2.61. The number of Topliss-reactive ketones (excluding diaryl/α,β-unsaturated/α-hetero) is 1. The number of carbonyl (C=O) groups excluding carboxylic acids is 1. The number of hydrogen-bond donors (Lipinski definition) is 0. The first-order valence-corrected chi connectivity index (χ1v) is 16.8. The Kier molecular flexibility index (Phi) is 6.57. The fourth-order valence-electron chi connectivity index (χ4n) is 10.2. The van der Waals surface area contributed by atoms with Gasteiger partial charge in [-0.05, 0) is 130 Å². The summed E-state index contributed by atoms with van der Waals surface area (Å²) in [5.74, 6) is 2.85. The second-order valence-electron chi connectivity index (χ2n) is 13.9. The van der Waals surface area contributed by atoms with Crippen molar-refractivity contribution >= 4 is 21.3 Å². The van der Waals surface area contributed by atoms with E-state index in [4.69, 9.17) is 0 Å². The molecule has 0 N–H and O–H groups in total. The molecule has 0 amide bonds. The summed E-state index contributed by atoms with van der Waals surface area (Å²) in [4.78, 5) is 16.6. The molecule has 1 aromatic carbocycles. The second kappa shape index (κ2) is 9.38. The number of rotatable bonds is 5. The van der Waals surface area contributed by atoms with Crippen molar-refractivity contribution in [3.63, 3.8) is 0 Å². The van der Waals surface area contributed by atoms with E-state index in [1.165, 1.54) is 57.8 Å². The number of anilines is 1. The van der Waals surface area contributed by atoms with Gasteiger partial charge in [-0.25, -0.2) is 8.42 Å². The molecule has 4 saturated carbocycles. The zero-order valence-electron chi connectivity index (χ0n) is 23.3. The monoisotopic (exact) mass is 525 g/mol. The molecule has 4 aliphatic carbocycles. The molecule has 0 spiro atoms. The zero-order chi connectivity index (χ0) is 26.0. The van der Waals surface area contributed by atoms with Crippen LogP contribution < -0.4 is 4.90 Å². The fourth-order valence-corrected chi connectivity index (χ4v) is 11.6. The van der Waals surface area contributed by atoms with E-state index in [9.17, 15) is 13.2 Å². The molecule has 5 fully saturated rings. The summed E-state index contributed by atoms with van der Waals surface area (Å²) in [5, 5.41) is -0.977. The third kappa shape index (κ3) is 4.03. The molecule has 4 nitrogen and oxygen atoms in total. The number of nitrogens with zero attached hydrogens (tertiary/aromatic N) is 1. The van der Waals surface area contributed by atoms with Crippen LogP contribution in [0.25, 0.3) is 0 Å². The van der Waals surface area contributed by atoms with Crippen molar-refractivity contribution in [1.82, 2.24) is 0 Å². The van der Waals surface area contributed by atoms with Crippen LogP contribution in [0.1, 0.15) is 97.8 Å². The van der Waals surface area contributed by atoms with Gasteiger partial charge in [-0.2, -0.15) is 0 Å². The summed E-state index contributed by atoms with van der Waals surface area (Å²) in [7, 11) is -3.70. The lowest BCUT2D eigenvalue weighted by molar-refractivity contribution is -0.134. The van der Waals surface area contributed by atoms with Crippen LogP contribution in [0.15, 0.2) is 29.2 Å². The lowest BCUT2D eigenvalue weighted by atomic mass is 9.45. The van der Waals surface area contributed by atoms with Crippen molar-refractivity contribution in [3.8, 4) is 0 Å². The Morgan fingerprint density at radius 3 is 2.27 bits per heavy atom. The zero-order valence-corrected chi connectivity index (χ0v) is 24.1. The normalized spacial score (nSPS) is 40.5. The van der Waals surface area contributed by atoms with E-state index >= 15 is 0 Å². The van der Waals surface area contributed by atoms with E-state index in [0.29, 0.717) is 16.2 Å². The third-order valence-corrected chi connectivity index (χ3v) is 14.5. The highest BCUT2D eigenvalue weighted by Crippen LogP contribution is 2.67. The molecule has 1 aliphatic heterocycles. The highest BCUT2D eigenvalue weighted by molar-refractivity contribution is 7.92. The van der Waals surface area contributed by atoms with Crippen LogP contribution >= 0.6 is 0 Å². The Morgan fingerprint density at radius 2 is 1.54 bits per heavy atom. The summed E-state index contributed by atoms with van der Waals surface area (Å²) in [6.07, 6.45) is 14.9. The van der Waals surface area contributed by atoms with Crippen molar-refractivity contribution < 1.29 is 13.2 Å². The maximum Gasteiger partial charge on any atom is 0.188 e. The Hall–Kier alpha value is -1.36. The Balaban J connectivity index is 1.19. The van der Waals surface area contributed by atoms with Crippen molar-refractivity contribution in [2.45, 2.75) is 108 Å². The lowest BCUT2D eigenvalue weighted by Gasteiger charge is -2.60. The molecule has 0 aromatic heterocycles. The maximum absolute atomic E-state index is 14.0. The van der Waals surface area contributed by atoms with Gasteiger partial charge in [0.05, 0.1) is 4.90 Å². The standard InChI is InChI=1S/C32H47NO3S/c1-22(37(35,36)25-12-10-24(11-13-25)33-20-6-7-21-33)30(34)29-16-15-27-26-14-9-23-8-4-5-18-31(23,2)28(26)17-19-32(27,29)3/h10-13,22-23,26-29H,4-9,14-21H2,1-3H3/t22?,23-,26+,27+,28+,29-,31+,32+/m1/s1. The molecule has 0 radical (unpaired) electrons. The topological polar surface area (TPSA) is 54.5 Å². The van der Waals surface area contributed by atoms with E-state index in [1.54, 1.807) is 19.1 Å². The number of hydrogen-bond acceptors (Lipinski definition) is 4.